The van der Waals surface area contributed by atoms with Gasteiger partial charge in [-0.25, -0.2) is 4.79 Å². The average molecular weight is 546 g/mol. The Hall–Kier alpha value is -2.45. The van der Waals surface area contributed by atoms with Gasteiger partial charge in [-0.1, -0.05) is 48.5 Å². The predicted molar refractivity (Wildman–Crippen MR) is 134 cm³/mol. The van der Waals surface area contributed by atoms with Crippen molar-refractivity contribution < 1.29 is 19.4 Å². The van der Waals surface area contributed by atoms with Crippen molar-refractivity contribution in [2.75, 3.05) is 19.0 Å². The lowest BCUT2D eigenvalue weighted by Crippen LogP contribution is -2.09. The number of carboxylic acid groups (broad SMARTS) is 1. The molecule has 0 amide bonds. The molecule has 3 aromatic rings. The van der Waals surface area contributed by atoms with Gasteiger partial charge in [-0.3, -0.25) is 0 Å². The summed E-state index contributed by atoms with van der Waals surface area (Å²) in [6.45, 7) is 2.28. The Morgan fingerprint density at radius 3 is 2.42 bits per heavy atom. The van der Waals surface area contributed by atoms with E-state index in [0.29, 0.717) is 12.4 Å². The Balaban J connectivity index is 1.79. The lowest BCUT2D eigenvalue weighted by Gasteiger charge is -2.12. The van der Waals surface area contributed by atoms with Crippen LogP contribution in [-0.4, -0.2) is 30.0 Å². The third-order valence-electron chi connectivity index (χ3n) is 4.33. The van der Waals surface area contributed by atoms with E-state index < -0.39 is 5.97 Å². The summed E-state index contributed by atoms with van der Waals surface area (Å²) in [5, 5.41) is 8.76. The minimum Gasteiger partial charge on any atom is -0.494 e. The fourth-order valence-electron chi connectivity index (χ4n) is 2.99. The summed E-state index contributed by atoms with van der Waals surface area (Å²) < 4.78 is 12.0. The smallest absolute Gasteiger partial charge is 0.341 e. The van der Waals surface area contributed by atoms with Crippen LogP contribution in [0.1, 0.15) is 18.1 Å². The van der Waals surface area contributed by atoms with Gasteiger partial charge in [-0.2, -0.15) is 0 Å². The zero-order chi connectivity index (χ0) is 22.1. The van der Waals surface area contributed by atoms with Gasteiger partial charge in [0.2, 0.25) is 0 Å². The van der Waals surface area contributed by atoms with Crippen LogP contribution in [0.15, 0.2) is 83.8 Å². The Bertz CT molecular complexity index is 1050. The summed E-state index contributed by atoms with van der Waals surface area (Å²) in [5.41, 5.74) is 3.43. The number of hydrogen-bond donors (Lipinski definition) is 1. The maximum atomic E-state index is 10.7. The third kappa shape index (κ3) is 7.04. The second kappa shape index (κ2) is 11.8. The van der Waals surface area contributed by atoms with Crippen molar-refractivity contribution in [3.63, 3.8) is 0 Å². The topological polar surface area (TPSA) is 55.8 Å². The molecule has 0 aromatic heterocycles. The Morgan fingerprint density at radius 2 is 1.71 bits per heavy atom. The van der Waals surface area contributed by atoms with Crippen molar-refractivity contribution >= 4 is 45.9 Å². The zero-order valence-electron chi connectivity index (χ0n) is 17.1. The van der Waals surface area contributed by atoms with Crippen LogP contribution in [0.5, 0.6) is 11.5 Å². The average Bonchev–Trinajstić information content (AvgIpc) is 2.77. The van der Waals surface area contributed by atoms with E-state index >= 15 is 0 Å². The molecule has 3 aromatic carbocycles. The van der Waals surface area contributed by atoms with Crippen molar-refractivity contribution in [1.82, 2.24) is 0 Å². The van der Waals surface area contributed by atoms with Crippen molar-refractivity contribution in [2.24, 2.45) is 0 Å². The molecule has 0 bridgehead atoms. The van der Waals surface area contributed by atoms with Gasteiger partial charge in [0.15, 0.2) is 6.61 Å². The number of hydrogen-bond acceptors (Lipinski definition) is 4. The molecule has 0 saturated carbocycles. The molecule has 1 N–H and O–H groups in total. The van der Waals surface area contributed by atoms with E-state index in [1.165, 1.54) is 0 Å². The molecular weight excluding hydrogens is 523 g/mol. The van der Waals surface area contributed by atoms with Gasteiger partial charge in [0.25, 0.3) is 0 Å². The highest BCUT2D eigenvalue weighted by Crippen LogP contribution is 2.31. The standard InChI is InChI=1S/C25H23IO4S/c1-2-29-20-10-6-9-19(15-20)22(18-7-4-3-5-8-18)13-14-31-24-12-11-21(16-23(24)26)30-17-25(27)28/h3-13,15-16H,2,14,17H2,1H3,(H,27,28)/b22-13-. The first-order valence-corrected chi connectivity index (χ1v) is 11.9. The van der Waals surface area contributed by atoms with Crippen LogP contribution in [0.3, 0.4) is 0 Å². The van der Waals surface area contributed by atoms with Crippen LogP contribution in [0.25, 0.3) is 5.57 Å². The first-order chi connectivity index (χ1) is 15.1. The molecule has 0 radical (unpaired) electrons. The first kappa shape index (κ1) is 23.2. The predicted octanol–water partition coefficient (Wildman–Crippen LogP) is 6.38. The summed E-state index contributed by atoms with van der Waals surface area (Å²) >= 11 is 3.98. The summed E-state index contributed by atoms with van der Waals surface area (Å²) in [6, 6.07) is 24.1. The maximum Gasteiger partial charge on any atom is 0.341 e. The molecule has 0 atom stereocenters. The monoisotopic (exact) mass is 546 g/mol. The molecular formula is C25H23IO4S. The van der Waals surface area contributed by atoms with Gasteiger partial charge in [0.05, 0.1) is 6.61 Å². The summed E-state index contributed by atoms with van der Waals surface area (Å²) in [4.78, 5) is 11.8. The Morgan fingerprint density at radius 1 is 0.968 bits per heavy atom. The number of thioether (sulfide) groups is 1. The molecule has 0 aliphatic heterocycles. The molecule has 0 heterocycles. The number of rotatable bonds is 10. The molecule has 160 valence electrons. The largest absolute Gasteiger partial charge is 0.494 e. The lowest BCUT2D eigenvalue weighted by atomic mass is 9.98. The quantitative estimate of drug-likeness (QED) is 0.236. The van der Waals surface area contributed by atoms with E-state index in [1.807, 2.05) is 49.4 Å². The van der Waals surface area contributed by atoms with Crippen LogP contribution in [0.4, 0.5) is 0 Å². The number of ether oxygens (including phenoxy) is 2. The van der Waals surface area contributed by atoms with E-state index in [4.69, 9.17) is 14.6 Å². The number of carboxylic acids is 1. The maximum absolute atomic E-state index is 10.7. The van der Waals surface area contributed by atoms with Crippen LogP contribution < -0.4 is 9.47 Å². The zero-order valence-corrected chi connectivity index (χ0v) is 20.1. The Kier molecular flexibility index (Phi) is 8.85. The third-order valence-corrected chi connectivity index (χ3v) is 6.59. The first-order valence-electron chi connectivity index (χ1n) is 9.82. The lowest BCUT2D eigenvalue weighted by molar-refractivity contribution is -0.139. The molecule has 0 fully saturated rings. The van der Waals surface area contributed by atoms with E-state index in [2.05, 4.69) is 52.9 Å². The fourth-order valence-corrected chi connectivity index (χ4v) is 4.73. The van der Waals surface area contributed by atoms with Gasteiger partial charge in [0.1, 0.15) is 11.5 Å². The SMILES string of the molecule is CCOc1cccc(/C(=C\CSc2ccc(OCC(=O)O)cc2I)c2ccccc2)c1. The van der Waals surface area contributed by atoms with E-state index in [1.54, 1.807) is 17.8 Å². The second-order valence-electron chi connectivity index (χ2n) is 6.53. The molecule has 0 unspecified atom stereocenters. The van der Waals surface area contributed by atoms with Crippen LogP contribution in [0.2, 0.25) is 0 Å². The normalized spacial score (nSPS) is 11.2. The van der Waals surface area contributed by atoms with Gasteiger partial charge < -0.3 is 14.6 Å². The molecule has 0 spiro atoms. The Labute approximate surface area is 200 Å². The molecule has 4 nitrogen and oxygen atoms in total. The van der Waals surface area contributed by atoms with Crippen molar-refractivity contribution in [1.29, 1.82) is 0 Å². The van der Waals surface area contributed by atoms with Gasteiger partial charge in [-0.15, -0.1) is 11.8 Å². The second-order valence-corrected chi connectivity index (χ2v) is 8.75. The van der Waals surface area contributed by atoms with E-state index in [0.717, 1.165) is 36.7 Å². The number of benzene rings is 3. The molecule has 0 aliphatic carbocycles. The number of aliphatic carboxylic acids is 1. The van der Waals surface area contributed by atoms with Crippen LogP contribution in [-0.2, 0) is 4.79 Å². The molecule has 31 heavy (non-hydrogen) atoms. The highest BCUT2D eigenvalue weighted by Gasteiger charge is 2.08. The highest BCUT2D eigenvalue weighted by atomic mass is 127. The van der Waals surface area contributed by atoms with E-state index in [9.17, 15) is 4.79 Å². The highest BCUT2D eigenvalue weighted by molar-refractivity contribution is 14.1. The molecule has 0 saturated heterocycles. The van der Waals surface area contributed by atoms with Gasteiger partial charge >= 0.3 is 5.97 Å². The van der Waals surface area contributed by atoms with Crippen molar-refractivity contribution in [3.8, 4) is 11.5 Å². The summed E-state index contributed by atoms with van der Waals surface area (Å²) in [6.07, 6.45) is 2.23. The van der Waals surface area contributed by atoms with Crippen molar-refractivity contribution in [3.05, 3.63) is 93.6 Å². The number of halogens is 1. The van der Waals surface area contributed by atoms with Crippen LogP contribution in [0, 0.1) is 3.57 Å². The van der Waals surface area contributed by atoms with Gasteiger partial charge in [0, 0.05) is 14.2 Å². The van der Waals surface area contributed by atoms with Crippen LogP contribution >= 0.6 is 34.4 Å². The fraction of sp³-hybridized carbons (Fsp3) is 0.160. The minimum atomic E-state index is -0.986. The number of carbonyl (C=O) groups is 1. The summed E-state index contributed by atoms with van der Waals surface area (Å²) in [5.74, 6) is 1.22. The molecule has 0 aliphatic rings. The van der Waals surface area contributed by atoms with Gasteiger partial charge in [-0.05, 0) is 76.5 Å². The molecule has 6 heteroatoms. The van der Waals surface area contributed by atoms with E-state index in [-0.39, 0.29) is 6.61 Å². The summed E-state index contributed by atoms with van der Waals surface area (Å²) in [7, 11) is 0. The van der Waals surface area contributed by atoms with Crippen molar-refractivity contribution in [2.45, 2.75) is 11.8 Å². The molecule has 3 rings (SSSR count). The minimum absolute atomic E-state index is 0.341.